The van der Waals surface area contributed by atoms with Crippen LogP contribution >= 0.6 is 0 Å². The molecule has 0 aromatic carbocycles. The molecule has 0 aromatic heterocycles. The zero-order chi connectivity index (χ0) is 19.0. The van der Waals surface area contributed by atoms with Gasteiger partial charge in [0.25, 0.3) is 0 Å². The Hall–Kier alpha value is -2.37. The smallest absolute Gasteiger partial charge is 0.334 e. The summed E-state index contributed by atoms with van der Waals surface area (Å²) in [5, 5.41) is 0. The number of hydrogen-bond acceptors (Lipinski definition) is 6. The first-order valence-electron chi connectivity index (χ1n) is 8.95. The van der Waals surface area contributed by atoms with Crippen LogP contribution in [0, 0.1) is 11.8 Å². The van der Waals surface area contributed by atoms with Crippen LogP contribution in [0.5, 0.6) is 0 Å². The molecule has 26 heavy (non-hydrogen) atoms. The van der Waals surface area contributed by atoms with Gasteiger partial charge in [-0.15, -0.1) is 0 Å². The molecule has 0 aromatic rings. The molecule has 2 aliphatic carbocycles. The van der Waals surface area contributed by atoms with Crippen LogP contribution in [0.1, 0.15) is 39.5 Å². The number of carbonyl (C=O) groups excluding carboxylic acids is 3. The molecule has 2 fully saturated rings. The van der Waals surface area contributed by atoms with Crippen molar-refractivity contribution in [3.63, 3.8) is 0 Å². The Bertz CT molecular complexity index is 716. The standard InChI is InChI=1S/C20H24O6/c1-5-17(22)24-9-13-6-7-14-10(2)20(23)26-19(14)18-11(3)16(8-15(13)18)25-12(4)21/h14,16,18-19H,2-3,5-9H2,1,4H3/t14-,16-,18-,19-/m0/s1. The highest BCUT2D eigenvalue weighted by Crippen LogP contribution is 2.50. The highest BCUT2D eigenvalue weighted by molar-refractivity contribution is 5.91. The van der Waals surface area contributed by atoms with E-state index in [-0.39, 0.29) is 42.5 Å². The highest BCUT2D eigenvalue weighted by Gasteiger charge is 2.51. The van der Waals surface area contributed by atoms with Crippen molar-refractivity contribution in [1.82, 2.24) is 0 Å². The lowest BCUT2D eigenvalue weighted by molar-refractivity contribution is -0.145. The molecule has 1 saturated carbocycles. The maximum absolute atomic E-state index is 12.0. The second kappa shape index (κ2) is 7.09. The van der Waals surface area contributed by atoms with Gasteiger partial charge in [-0.25, -0.2) is 4.79 Å². The van der Waals surface area contributed by atoms with Gasteiger partial charge in [-0.05, 0) is 24.0 Å². The van der Waals surface area contributed by atoms with E-state index in [4.69, 9.17) is 14.2 Å². The Morgan fingerprint density at radius 3 is 2.69 bits per heavy atom. The predicted molar refractivity (Wildman–Crippen MR) is 92.8 cm³/mol. The monoisotopic (exact) mass is 360 g/mol. The van der Waals surface area contributed by atoms with Gasteiger partial charge in [-0.3, -0.25) is 9.59 Å². The van der Waals surface area contributed by atoms with Crippen LogP contribution in [0.3, 0.4) is 0 Å². The predicted octanol–water partition coefficient (Wildman–Crippen LogP) is 2.64. The summed E-state index contributed by atoms with van der Waals surface area (Å²) in [4.78, 5) is 35.0. The lowest BCUT2D eigenvalue weighted by Gasteiger charge is -2.24. The van der Waals surface area contributed by atoms with Crippen LogP contribution in [0.15, 0.2) is 35.5 Å². The molecular formula is C20H24O6. The molecule has 140 valence electrons. The van der Waals surface area contributed by atoms with E-state index in [1.165, 1.54) is 6.92 Å². The lowest BCUT2D eigenvalue weighted by Crippen LogP contribution is -2.27. The van der Waals surface area contributed by atoms with Gasteiger partial charge < -0.3 is 14.2 Å². The molecule has 0 bridgehead atoms. The van der Waals surface area contributed by atoms with Crippen molar-refractivity contribution in [2.24, 2.45) is 11.8 Å². The molecule has 3 rings (SSSR count). The van der Waals surface area contributed by atoms with Crippen molar-refractivity contribution in [3.8, 4) is 0 Å². The van der Waals surface area contributed by atoms with E-state index in [2.05, 4.69) is 13.2 Å². The molecule has 0 spiro atoms. The fourth-order valence-corrected chi connectivity index (χ4v) is 4.17. The fraction of sp³-hybridized carbons (Fsp3) is 0.550. The first kappa shape index (κ1) is 18.4. The van der Waals surface area contributed by atoms with Crippen LogP contribution < -0.4 is 0 Å². The molecule has 1 saturated heterocycles. The average Bonchev–Trinajstić information content (AvgIpc) is 2.99. The summed E-state index contributed by atoms with van der Waals surface area (Å²) < 4.78 is 16.4. The van der Waals surface area contributed by atoms with E-state index in [9.17, 15) is 14.4 Å². The zero-order valence-electron chi connectivity index (χ0n) is 15.2. The summed E-state index contributed by atoms with van der Waals surface area (Å²) in [6.45, 7) is 11.3. The Labute approximate surface area is 152 Å². The largest absolute Gasteiger partial charge is 0.461 e. The Morgan fingerprint density at radius 1 is 1.31 bits per heavy atom. The van der Waals surface area contributed by atoms with Crippen LogP contribution in [0.25, 0.3) is 0 Å². The highest BCUT2D eigenvalue weighted by atomic mass is 16.6. The van der Waals surface area contributed by atoms with Gasteiger partial charge in [0.15, 0.2) is 0 Å². The van der Waals surface area contributed by atoms with Crippen LogP contribution in [0.4, 0.5) is 0 Å². The second-order valence-corrected chi connectivity index (χ2v) is 7.04. The first-order chi connectivity index (χ1) is 12.3. The number of fused-ring (bicyclic) bond motifs is 3. The number of rotatable bonds is 4. The summed E-state index contributed by atoms with van der Waals surface area (Å²) in [6.07, 6.45) is 1.37. The molecular weight excluding hydrogens is 336 g/mol. The van der Waals surface area contributed by atoms with Gasteiger partial charge in [0.2, 0.25) is 0 Å². The van der Waals surface area contributed by atoms with Crippen LogP contribution in [-0.4, -0.2) is 36.7 Å². The van der Waals surface area contributed by atoms with E-state index in [0.717, 1.165) is 16.7 Å². The van der Waals surface area contributed by atoms with Gasteiger partial charge in [0.05, 0.1) is 0 Å². The third-order valence-corrected chi connectivity index (χ3v) is 5.49. The van der Waals surface area contributed by atoms with Crippen molar-refractivity contribution in [3.05, 3.63) is 35.5 Å². The Balaban J connectivity index is 1.94. The maximum atomic E-state index is 12.0. The molecule has 1 heterocycles. The minimum atomic E-state index is -0.448. The fourth-order valence-electron chi connectivity index (χ4n) is 4.17. The third kappa shape index (κ3) is 3.20. The quantitative estimate of drug-likeness (QED) is 0.332. The molecule has 4 atom stereocenters. The van der Waals surface area contributed by atoms with Crippen molar-refractivity contribution in [1.29, 1.82) is 0 Å². The topological polar surface area (TPSA) is 78.9 Å². The minimum Gasteiger partial charge on any atom is -0.461 e. The van der Waals surface area contributed by atoms with Gasteiger partial charge in [-0.2, -0.15) is 0 Å². The van der Waals surface area contributed by atoms with Crippen LogP contribution in [-0.2, 0) is 28.6 Å². The Kier molecular flexibility index (Phi) is 5.03. The molecule has 1 aliphatic heterocycles. The molecule has 0 N–H and O–H groups in total. The summed E-state index contributed by atoms with van der Waals surface area (Å²) in [7, 11) is 0. The number of carbonyl (C=O) groups is 3. The van der Waals surface area contributed by atoms with E-state index in [1.807, 2.05) is 0 Å². The van der Waals surface area contributed by atoms with Crippen LogP contribution in [0.2, 0.25) is 0 Å². The first-order valence-corrected chi connectivity index (χ1v) is 8.95. The summed E-state index contributed by atoms with van der Waals surface area (Å²) in [5.74, 6) is -1.34. The Morgan fingerprint density at radius 2 is 2.04 bits per heavy atom. The summed E-state index contributed by atoms with van der Waals surface area (Å²) in [6, 6.07) is 0. The molecule has 0 amide bonds. The van der Waals surface area contributed by atoms with E-state index in [0.29, 0.717) is 31.3 Å². The second-order valence-electron chi connectivity index (χ2n) is 7.04. The lowest BCUT2D eigenvalue weighted by atomic mass is 9.84. The van der Waals surface area contributed by atoms with Gasteiger partial charge in [-0.1, -0.05) is 25.7 Å². The van der Waals surface area contributed by atoms with E-state index >= 15 is 0 Å². The van der Waals surface area contributed by atoms with Crippen molar-refractivity contribution in [2.45, 2.75) is 51.7 Å². The molecule has 6 nitrogen and oxygen atoms in total. The SMILES string of the molecule is C=C1[C@H]2C(=C(COC(=O)CC)CC[C@H]3C(=C)C(=O)O[C@H]23)C[C@@H]1OC(C)=O. The van der Waals surface area contributed by atoms with E-state index in [1.54, 1.807) is 6.92 Å². The number of esters is 3. The average molecular weight is 360 g/mol. The normalized spacial score (nSPS) is 30.5. The number of hydrogen-bond donors (Lipinski definition) is 0. The molecule has 3 aliphatic rings. The third-order valence-electron chi connectivity index (χ3n) is 5.49. The zero-order valence-corrected chi connectivity index (χ0v) is 15.2. The van der Waals surface area contributed by atoms with Gasteiger partial charge in [0.1, 0.15) is 18.8 Å². The van der Waals surface area contributed by atoms with Crippen molar-refractivity contribution in [2.75, 3.05) is 6.61 Å². The van der Waals surface area contributed by atoms with Crippen molar-refractivity contribution >= 4 is 17.9 Å². The number of ether oxygens (including phenoxy) is 3. The molecule has 0 unspecified atom stereocenters. The molecule has 6 heteroatoms. The molecule has 0 radical (unpaired) electrons. The minimum absolute atomic E-state index is 0.102. The summed E-state index contributed by atoms with van der Waals surface area (Å²) in [5.41, 5.74) is 3.23. The van der Waals surface area contributed by atoms with E-state index < -0.39 is 6.10 Å². The van der Waals surface area contributed by atoms with Gasteiger partial charge >= 0.3 is 17.9 Å². The van der Waals surface area contributed by atoms with Gasteiger partial charge in [0, 0.05) is 37.2 Å². The van der Waals surface area contributed by atoms with Crippen molar-refractivity contribution < 1.29 is 28.6 Å². The summed E-state index contributed by atoms with van der Waals surface area (Å²) >= 11 is 0. The maximum Gasteiger partial charge on any atom is 0.334 e.